The van der Waals surface area contributed by atoms with Crippen molar-refractivity contribution < 1.29 is 19.4 Å². The minimum Gasteiger partial charge on any atom is -0.481 e. The molecule has 1 saturated carbocycles. The first-order valence-electron chi connectivity index (χ1n) is 7.38. The summed E-state index contributed by atoms with van der Waals surface area (Å²) in [5.41, 5.74) is 0. The number of carbonyl (C=O) groups is 2. The Morgan fingerprint density at radius 2 is 1.95 bits per heavy atom. The van der Waals surface area contributed by atoms with Crippen molar-refractivity contribution >= 4 is 11.9 Å². The second kappa shape index (κ2) is 7.04. The number of hydrogen-bond acceptors (Lipinski definition) is 4. The average Bonchev–Trinajstić information content (AvgIpc) is 2.92. The fourth-order valence-electron chi connectivity index (χ4n) is 3.15. The number of carbonyl (C=O) groups excluding carboxylic acids is 1. The third-order valence-corrected chi connectivity index (χ3v) is 4.47. The molecular formula is C14H24N2O4. The lowest BCUT2D eigenvalue weighted by atomic mass is 9.97. The molecule has 0 spiro atoms. The van der Waals surface area contributed by atoms with Gasteiger partial charge in [0.1, 0.15) is 0 Å². The maximum absolute atomic E-state index is 12.1. The molecule has 2 rings (SSSR count). The number of hydrogen-bond donors (Lipinski definition) is 2. The van der Waals surface area contributed by atoms with Crippen molar-refractivity contribution in [3.63, 3.8) is 0 Å². The van der Waals surface area contributed by atoms with Gasteiger partial charge in [-0.15, -0.1) is 0 Å². The fraction of sp³-hybridized carbons (Fsp3) is 0.857. The van der Waals surface area contributed by atoms with Crippen LogP contribution >= 0.6 is 0 Å². The fourth-order valence-corrected chi connectivity index (χ4v) is 3.15. The Morgan fingerprint density at radius 1 is 1.25 bits per heavy atom. The number of rotatable bonds is 5. The van der Waals surface area contributed by atoms with E-state index in [1.54, 1.807) is 12.0 Å². The van der Waals surface area contributed by atoms with Gasteiger partial charge in [-0.1, -0.05) is 0 Å². The van der Waals surface area contributed by atoms with Crippen LogP contribution < -0.4 is 5.32 Å². The van der Waals surface area contributed by atoms with Gasteiger partial charge in [0.05, 0.1) is 18.6 Å². The molecule has 6 nitrogen and oxygen atoms in total. The number of ether oxygens (including phenoxy) is 1. The largest absolute Gasteiger partial charge is 0.481 e. The van der Waals surface area contributed by atoms with E-state index in [1.807, 2.05) is 0 Å². The van der Waals surface area contributed by atoms with E-state index in [2.05, 4.69) is 5.32 Å². The molecule has 0 radical (unpaired) electrons. The van der Waals surface area contributed by atoms with Gasteiger partial charge in [-0.3, -0.25) is 9.59 Å². The summed E-state index contributed by atoms with van der Waals surface area (Å²) in [5.74, 6) is -0.973. The second-order valence-corrected chi connectivity index (χ2v) is 5.69. The molecule has 0 aromatic carbocycles. The van der Waals surface area contributed by atoms with Crippen LogP contribution in [0, 0.1) is 5.92 Å². The van der Waals surface area contributed by atoms with Crippen molar-refractivity contribution in [1.29, 1.82) is 0 Å². The van der Waals surface area contributed by atoms with E-state index in [0.29, 0.717) is 32.5 Å². The summed E-state index contributed by atoms with van der Waals surface area (Å²) < 4.78 is 5.39. The standard InChI is InChI=1S/C14H24N2O4/c1-20-12-4-2-3-11(12)15-9-13(17)16-7-5-10(6-8-16)14(18)19/h10-12,15H,2-9H2,1H3,(H,18,19). The van der Waals surface area contributed by atoms with Crippen LogP contribution in [-0.2, 0) is 14.3 Å². The van der Waals surface area contributed by atoms with E-state index in [4.69, 9.17) is 9.84 Å². The molecule has 2 aliphatic rings. The molecule has 2 unspecified atom stereocenters. The quantitative estimate of drug-likeness (QED) is 0.767. The Hall–Kier alpha value is -1.14. The highest BCUT2D eigenvalue weighted by Gasteiger charge is 2.29. The van der Waals surface area contributed by atoms with E-state index in [1.165, 1.54) is 0 Å². The number of nitrogens with one attached hydrogen (secondary N) is 1. The molecule has 1 heterocycles. The number of piperidine rings is 1. The minimum absolute atomic E-state index is 0.0654. The predicted octanol–water partition coefficient (Wildman–Crippen LogP) is 0.467. The second-order valence-electron chi connectivity index (χ2n) is 5.69. The summed E-state index contributed by atoms with van der Waals surface area (Å²) in [4.78, 5) is 24.7. The molecule has 2 atom stereocenters. The zero-order valence-electron chi connectivity index (χ0n) is 12.0. The molecule has 2 N–H and O–H groups in total. The molecule has 20 heavy (non-hydrogen) atoms. The average molecular weight is 284 g/mol. The maximum Gasteiger partial charge on any atom is 0.306 e. The van der Waals surface area contributed by atoms with Gasteiger partial charge in [0.2, 0.25) is 5.91 Å². The summed E-state index contributed by atoms with van der Waals surface area (Å²) in [6.45, 7) is 1.42. The number of amides is 1. The number of carboxylic acid groups (broad SMARTS) is 1. The lowest BCUT2D eigenvalue weighted by Crippen LogP contribution is -2.47. The Balaban J connectivity index is 1.72. The zero-order valence-corrected chi connectivity index (χ0v) is 12.0. The van der Waals surface area contributed by atoms with Crippen LogP contribution in [0.1, 0.15) is 32.1 Å². The van der Waals surface area contributed by atoms with Crippen LogP contribution in [0.2, 0.25) is 0 Å². The number of methoxy groups -OCH3 is 1. The third kappa shape index (κ3) is 3.70. The highest BCUT2D eigenvalue weighted by atomic mass is 16.5. The molecule has 1 saturated heterocycles. The monoisotopic (exact) mass is 284 g/mol. The first kappa shape index (κ1) is 15.3. The topological polar surface area (TPSA) is 78.9 Å². The van der Waals surface area contributed by atoms with E-state index in [-0.39, 0.29) is 24.0 Å². The Morgan fingerprint density at radius 3 is 2.55 bits per heavy atom. The smallest absolute Gasteiger partial charge is 0.306 e. The minimum atomic E-state index is -0.746. The molecule has 0 aromatic rings. The van der Waals surface area contributed by atoms with Crippen molar-refractivity contribution in [2.75, 3.05) is 26.7 Å². The van der Waals surface area contributed by atoms with Crippen LogP contribution in [-0.4, -0.2) is 60.8 Å². The Kier molecular flexibility index (Phi) is 5.37. The highest BCUT2D eigenvalue weighted by Crippen LogP contribution is 2.21. The summed E-state index contributed by atoms with van der Waals surface area (Å²) >= 11 is 0. The van der Waals surface area contributed by atoms with Gasteiger partial charge in [-0.2, -0.15) is 0 Å². The van der Waals surface area contributed by atoms with Crippen molar-refractivity contribution in [3.05, 3.63) is 0 Å². The molecule has 2 fully saturated rings. The summed E-state index contributed by atoms with van der Waals surface area (Å²) in [6, 6.07) is 0.264. The number of likely N-dealkylation sites (tertiary alicyclic amines) is 1. The predicted molar refractivity (Wildman–Crippen MR) is 73.4 cm³/mol. The lowest BCUT2D eigenvalue weighted by Gasteiger charge is -2.31. The SMILES string of the molecule is COC1CCCC1NCC(=O)N1CCC(C(=O)O)CC1. The van der Waals surface area contributed by atoms with Crippen molar-refractivity contribution in [3.8, 4) is 0 Å². The number of nitrogens with zero attached hydrogens (tertiary/aromatic N) is 1. The zero-order chi connectivity index (χ0) is 14.5. The van der Waals surface area contributed by atoms with E-state index in [9.17, 15) is 9.59 Å². The lowest BCUT2D eigenvalue weighted by molar-refractivity contribution is -0.145. The Bertz CT molecular complexity index is 353. The van der Waals surface area contributed by atoms with Crippen LogP contribution in [0.25, 0.3) is 0 Å². The summed E-state index contributed by atoms with van der Waals surface area (Å²) in [6.07, 6.45) is 4.56. The van der Waals surface area contributed by atoms with Crippen molar-refractivity contribution in [2.24, 2.45) is 5.92 Å². The molecule has 0 bridgehead atoms. The summed E-state index contributed by atoms with van der Waals surface area (Å²) in [5, 5.41) is 12.2. The Labute approximate surface area is 119 Å². The molecule has 1 amide bonds. The first-order chi connectivity index (χ1) is 9.61. The number of carboxylic acids is 1. The third-order valence-electron chi connectivity index (χ3n) is 4.47. The van der Waals surface area contributed by atoms with Gasteiger partial charge in [-0.05, 0) is 32.1 Å². The number of aliphatic carboxylic acids is 1. The molecule has 1 aliphatic heterocycles. The van der Waals surface area contributed by atoms with E-state index >= 15 is 0 Å². The van der Waals surface area contributed by atoms with E-state index < -0.39 is 5.97 Å². The summed E-state index contributed by atoms with van der Waals surface area (Å²) in [7, 11) is 1.71. The molecule has 6 heteroatoms. The van der Waals surface area contributed by atoms with Crippen molar-refractivity contribution in [2.45, 2.75) is 44.2 Å². The van der Waals surface area contributed by atoms with Crippen molar-refractivity contribution in [1.82, 2.24) is 10.2 Å². The van der Waals surface area contributed by atoms with Crippen LogP contribution in [0.5, 0.6) is 0 Å². The van der Waals surface area contributed by atoms with Gasteiger partial charge < -0.3 is 20.1 Å². The maximum atomic E-state index is 12.1. The molecule has 114 valence electrons. The van der Waals surface area contributed by atoms with Gasteiger partial charge in [0.15, 0.2) is 0 Å². The van der Waals surface area contributed by atoms with Crippen LogP contribution in [0.3, 0.4) is 0 Å². The normalized spacial score (nSPS) is 27.8. The van der Waals surface area contributed by atoms with Gasteiger partial charge in [-0.25, -0.2) is 0 Å². The molecule has 1 aliphatic carbocycles. The van der Waals surface area contributed by atoms with Crippen LogP contribution in [0.15, 0.2) is 0 Å². The first-order valence-corrected chi connectivity index (χ1v) is 7.38. The van der Waals surface area contributed by atoms with E-state index in [0.717, 1.165) is 19.3 Å². The van der Waals surface area contributed by atoms with Gasteiger partial charge >= 0.3 is 5.97 Å². The molecular weight excluding hydrogens is 260 g/mol. The highest BCUT2D eigenvalue weighted by molar-refractivity contribution is 5.79. The van der Waals surface area contributed by atoms with Crippen LogP contribution in [0.4, 0.5) is 0 Å². The van der Waals surface area contributed by atoms with Gasteiger partial charge in [0, 0.05) is 26.2 Å². The van der Waals surface area contributed by atoms with Gasteiger partial charge in [0.25, 0.3) is 0 Å². The molecule has 0 aromatic heterocycles.